The number of carbonyl (C=O) groups is 3. The number of imide groups is 2. The van der Waals surface area contributed by atoms with Gasteiger partial charge in [-0.05, 0) is 29.3 Å². The number of allylic oxidation sites excluding steroid dienone is 2. The van der Waals surface area contributed by atoms with Crippen molar-refractivity contribution < 1.29 is 19.1 Å². The summed E-state index contributed by atoms with van der Waals surface area (Å²) in [5.74, 6) is -0.912. The standard InChI is InChI=1S/C18H16N2O4/c1-3-6-12(4-2)11-24-14-8-5-7-13(9-14)10-15-16(21)19-18(23)20-17(15)22/h3-10H,1-2,11H2,(H2,19,20,21,22,23)/b12-6+. The first-order valence-corrected chi connectivity index (χ1v) is 7.08. The van der Waals surface area contributed by atoms with Gasteiger partial charge >= 0.3 is 6.03 Å². The van der Waals surface area contributed by atoms with E-state index in [2.05, 4.69) is 13.2 Å². The van der Waals surface area contributed by atoms with Gasteiger partial charge in [-0.2, -0.15) is 0 Å². The average Bonchev–Trinajstić information content (AvgIpc) is 2.55. The van der Waals surface area contributed by atoms with Gasteiger partial charge in [-0.1, -0.05) is 43.5 Å². The van der Waals surface area contributed by atoms with E-state index in [1.807, 2.05) is 10.6 Å². The molecule has 1 saturated heterocycles. The van der Waals surface area contributed by atoms with Crippen molar-refractivity contribution in [2.45, 2.75) is 0 Å². The van der Waals surface area contributed by atoms with E-state index in [1.165, 1.54) is 6.08 Å². The number of rotatable bonds is 6. The Balaban J connectivity index is 2.17. The number of hydrogen-bond acceptors (Lipinski definition) is 4. The number of nitrogens with one attached hydrogen (secondary N) is 2. The van der Waals surface area contributed by atoms with E-state index < -0.39 is 17.8 Å². The predicted octanol–water partition coefficient (Wildman–Crippen LogP) is 2.11. The lowest BCUT2D eigenvalue weighted by Crippen LogP contribution is -2.51. The first-order chi connectivity index (χ1) is 11.5. The van der Waals surface area contributed by atoms with Crippen LogP contribution in [-0.2, 0) is 9.59 Å². The Morgan fingerprint density at radius 2 is 1.83 bits per heavy atom. The quantitative estimate of drug-likeness (QED) is 0.477. The molecule has 0 saturated carbocycles. The molecule has 1 aromatic carbocycles. The van der Waals surface area contributed by atoms with Crippen molar-refractivity contribution in [1.82, 2.24) is 10.6 Å². The maximum absolute atomic E-state index is 11.7. The van der Waals surface area contributed by atoms with Crippen molar-refractivity contribution >= 4 is 23.9 Å². The van der Waals surface area contributed by atoms with Crippen LogP contribution in [-0.4, -0.2) is 24.5 Å². The van der Waals surface area contributed by atoms with E-state index in [0.29, 0.717) is 17.9 Å². The molecule has 2 N–H and O–H groups in total. The normalized spacial score (nSPS) is 14.6. The smallest absolute Gasteiger partial charge is 0.328 e. The minimum Gasteiger partial charge on any atom is -0.489 e. The van der Waals surface area contributed by atoms with Crippen LogP contribution in [0.25, 0.3) is 6.08 Å². The minimum absolute atomic E-state index is 0.148. The molecular formula is C18H16N2O4. The molecule has 24 heavy (non-hydrogen) atoms. The van der Waals surface area contributed by atoms with E-state index in [-0.39, 0.29) is 5.57 Å². The zero-order valence-corrected chi connectivity index (χ0v) is 12.9. The van der Waals surface area contributed by atoms with E-state index in [0.717, 1.165) is 5.57 Å². The predicted molar refractivity (Wildman–Crippen MR) is 90.1 cm³/mol. The fourth-order valence-corrected chi connectivity index (χ4v) is 1.96. The second-order valence-corrected chi connectivity index (χ2v) is 4.84. The highest BCUT2D eigenvalue weighted by Gasteiger charge is 2.27. The third-order valence-corrected chi connectivity index (χ3v) is 3.11. The van der Waals surface area contributed by atoms with Gasteiger partial charge in [0.1, 0.15) is 17.9 Å². The van der Waals surface area contributed by atoms with Crippen LogP contribution in [0.15, 0.2) is 66.8 Å². The molecule has 1 aromatic rings. The van der Waals surface area contributed by atoms with E-state index in [4.69, 9.17) is 4.74 Å². The van der Waals surface area contributed by atoms with Crippen LogP contribution < -0.4 is 15.4 Å². The second kappa shape index (κ2) is 7.73. The van der Waals surface area contributed by atoms with Gasteiger partial charge in [0.25, 0.3) is 11.8 Å². The molecule has 0 atom stereocenters. The summed E-state index contributed by atoms with van der Waals surface area (Å²) in [7, 11) is 0. The van der Waals surface area contributed by atoms with Gasteiger partial charge in [0.2, 0.25) is 0 Å². The SMILES string of the molecule is C=C/C=C(\C=C)COc1cccc(C=C2C(=O)NC(=O)NC2=O)c1. The van der Waals surface area contributed by atoms with Gasteiger partial charge in [0.15, 0.2) is 0 Å². The van der Waals surface area contributed by atoms with Crippen molar-refractivity contribution in [3.63, 3.8) is 0 Å². The molecular weight excluding hydrogens is 308 g/mol. The Kier molecular flexibility index (Phi) is 5.46. The maximum Gasteiger partial charge on any atom is 0.328 e. The molecule has 4 amide bonds. The number of amides is 4. The van der Waals surface area contributed by atoms with Gasteiger partial charge in [-0.15, -0.1) is 0 Å². The van der Waals surface area contributed by atoms with Gasteiger partial charge in [0, 0.05) is 0 Å². The summed E-state index contributed by atoms with van der Waals surface area (Å²) < 4.78 is 5.64. The summed E-state index contributed by atoms with van der Waals surface area (Å²) in [6.07, 6.45) is 6.48. The Labute approximate surface area is 139 Å². The van der Waals surface area contributed by atoms with Gasteiger partial charge < -0.3 is 4.74 Å². The molecule has 2 rings (SSSR count). The van der Waals surface area contributed by atoms with E-state index in [9.17, 15) is 14.4 Å². The monoisotopic (exact) mass is 324 g/mol. The van der Waals surface area contributed by atoms with Crippen molar-refractivity contribution in [2.24, 2.45) is 0 Å². The summed E-state index contributed by atoms with van der Waals surface area (Å²) in [6.45, 7) is 7.61. The number of barbiturate groups is 1. The van der Waals surface area contributed by atoms with Crippen molar-refractivity contribution in [1.29, 1.82) is 0 Å². The highest BCUT2D eigenvalue weighted by Crippen LogP contribution is 2.17. The van der Waals surface area contributed by atoms with Gasteiger partial charge in [-0.3, -0.25) is 20.2 Å². The average molecular weight is 324 g/mol. The van der Waals surface area contributed by atoms with Crippen LogP contribution in [0.3, 0.4) is 0 Å². The maximum atomic E-state index is 11.7. The number of hydrogen-bond donors (Lipinski definition) is 2. The molecule has 6 nitrogen and oxygen atoms in total. The summed E-state index contributed by atoms with van der Waals surface area (Å²) >= 11 is 0. The fraction of sp³-hybridized carbons (Fsp3) is 0.0556. The lowest BCUT2D eigenvalue weighted by atomic mass is 10.1. The molecule has 1 fully saturated rings. The summed E-state index contributed by atoms with van der Waals surface area (Å²) in [6, 6.07) is 6.05. The van der Waals surface area contributed by atoms with E-state index in [1.54, 1.807) is 42.5 Å². The first kappa shape index (κ1) is 17.0. The Morgan fingerprint density at radius 1 is 1.12 bits per heavy atom. The van der Waals surface area contributed by atoms with Crippen LogP contribution in [0.2, 0.25) is 0 Å². The number of urea groups is 1. The van der Waals surface area contributed by atoms with Crippen LogP contribution in [0.5, 0.6) is 5.75 Å². The third-order valence-electron chi connectivity index (χ3n) is 3.11. The Bertz CT molecular complexity index is 753. The zero-order chi connectivity index (χ0) is 17.5. The Hall–Kier alpha value is -3.41. The van der Waals surface area contributed by atoms with Gasteiger partial charge in [0.05, 0.1) is 0 Å². The molecule has 0 aromatic heterocycles. The topological polar surface area (TPSA) is 84.5 Å². The molecule has 0 unspecified atom stereocenters. The number of ether oxygens (including phenoxy) is 1. The zero-order valence-electron chi connectivity index (χ0n) is 12.9. The van der Waals surface area contributed by atoms with Crippen LogP contribution in [0.1, 0.15) is 5.56 Å². The Morgan fingerprint density at radius 3 is 2.46 bits per heavy atom. The van der Waals surface area contributed by atoms with Crippen LogP contribution >= 0.6 is 0 Å². The molecule has 0 spiro atoms. The van der Waals surface area contributed by atoms with Crippen LogP contribution in [0, 0.1) is 0 Å². The molecule has 6 heteroatoms. The number of benzene rings is 1. The lowest BCUT2D eigenvalue weighted by molar-refractivity contribution is -0.123. The third kappa shape index (κ3) is 4.30. The summed E-state index contributed by atoms with van der Waals surface area (Å²) in [5.41, 5.74) is 1.30. The van der Waals surface area contributed by atoms with Crippen molar-refractivity contribution in [3.05, 3.63) is 72.4 Å². The second-order valence-electron chi connectivity index (χ2n) is 4.84. The van der Waals surface area contributed by atoms with Crippen molar-refractivity contribution in [2.75, 3.05) is 6.61 Å². The molecule has 1 heterocycles. The molecule has 0 radical (unpaired) electrons. The van der Waals surface area contributed by atoms with Crippen molar-refractivity contribution in [3.8, 4) is 5.75 Å². The van der Waals surface area contributed by atoms with Gasteiger partial charge in [-0.25, -0.2) is 4.79 Å². The van der Waals surface area contributed by atoms with E-state index >= 15 is 0 Å². The first-order valence-electron chi connectivity index (χ1n) is 7.08. The lowest BCUT2D eigenvalue weighted by Gasteiger charge is -2.14. The summed E-state index contributed by atoms with van der Waals surface area (Å²) in [4.78, 5) is 34.5. The van der Waals surface area contributed by atoms with Crippen LogP contribution in [0.4, 0.5) is 4.79 Å². The highest BCUT2D eigenvalue weighted by molar-refractivity contribution is 6.31. The molecule has 0 bridgehead atoms. The summed E-state index contributed by atoms with van der Waals surface area (Å²) in [5, 5.41) is 4.04. The molecule has 122 valence electrons. The molecule has 1 aliphatic heterocycles. The number of carbonyl (C=O) groups excluding carboxylic acids is 3. The largest absolute Gasteiger partial charge is 0.489 e. The molecule has 1 aliphatic rings. The minimum atomic E-state index is -0.829. The molecule has 0 aliphatic carbocycles. The fourth-order valence-electron chi connectivity index (χ4n) is 1.96. The highest BCUT2D eigenvalue weighted by atomic mass is 16.5.